The van der Waals surface area contributed by atoms with Gasteiger partial charge in [-0.1, -0.05) is 18.2 Å². The third kappa shape index (κ3) is 3.05. The summed E-state index contributed by atoms with van der Waals surface area (Å²) in [6, 6.07) is 9.30. The number of alkyl halides is 3. The fourth-order valence-corrected chi connectivity index (χ4v) is 1.88. The summed E-state index contributed by atoms with van der Waals surface area (Å²) in [4.78, 5) is 22.2. The highest BCUT2D eigenvalue weighted by atomic mass is 19.4. The number of nitroso groups, excluding NO2 is 1. The molecule has 114 valence electrons. The van der Waals surface area contributed by atoms with Gasteiger partial charge in [-0.2, -0.15) is 18.2 Å². The van der Waals surface area contributed by atoms with Crippen molar-refractivity contribution < 1.29 is 23.1 Å². The van der Waals surface area contributed by atoms with Crippen LogP contribution in [0.5, 0.6) is 0 Å². The van der Waals surface area contributed by atoms with Crippen molar-refractivity contribution in [3.8, 4) is 0 Å². The Bertz CT molecular complexity index is 716. The normalized spacial score (nSPS) is 11.0. The predicted octanol–water partition coefficient (Wildman–Crippen LogP) is 4.22. The molecular formula is C14H9F3N2O3. The third-order valence-corrected chi connectivity index (χ3v) is 2.86. The molecule has 0 spiro atoms. The smallest absolute Gasteiger partial charge is 0.416 e. The first-order valence-electron chi connectivity index (χ1n) is 5.97. The van der Waals surface area contributed by atoms with Crippen molar-refractivity contribution in [3.05, 3.63) is 64.6 Å². The van der Waals surface area contributed by atoms with Crippen LogP contribution in [-0.4, -0.2) is 11.1 Å². The minimum absolute atomic E-state index is 0.121. The molecule has 0 bridgehead atoms. The van der Waals surface area contributed by atoms with Crippen LogP contribution in [0, 0.1) is 4.91 Å². The Hall–Kier alpha value is -2.90. The first kappa shape index (κ1) is 15.5. The molecule has 0 aliphatic rings. The molecule has 5 nitrogen and oxygen atoms in total. The van der Waals surface area contributed by atoms with Crippen LogP contribution in [0.15, 0.2) is 53.8 Å². The zero-order chi connectivity index (χ0) is 16.3. The van der Waals surface area contributed by atoms with Crippen LogP contribution in [0.3, 0.4) is 0 Å². The number of halogens is 3. The molecule has 0 radical (unpaired) electrons. The lowest BCUT2D eigenvalue weighted by molar-refractivity contribution is -0.137. The van der Waals surface area contributed by atoms with Gasteiger partial charge in [0.25, 0.3) is 0 Å². The second kappa shape index (κ2) is 5.84. The van der Waals surface area contributed by atoms with Gasteiger partial charge < -0.3 is 5.11 Å². The number of rotatable bonds is 4. The lowest BCUT2D eigenvalue weighted by atomic mass is 10.1. The van der Waals surface area contributed by atoms with E-state index in [9.17, 15) is 22.9 Å². The van der Waals surface area contributed by atoms with Gasteiger partial charge >= 0.3 is 12.1 Å². The number of aromatic carboxylic acids is 1. The summed E-state index contributed by atoms with van der Waals surface area (Å²) >= 11 is 0. The molecule has 0 fully saturated rings. The highest BCUT2D eigenvalue weighted by molar-refractivity contribution is 5.95. The average molecular weight is 310 g/mol. The van der Waals surface area contributed by atoms with E-state index in [2.05, 4.69) is 5.29 Å². The van der Waals surface area contributed by atoms with Gasteiger partial charge in [0.1, 0.15) is 0 Å². The standard InChI is InChI=1S/C14H9F3N2O3/c15-14(16,17)9-4-3-5-10(8-9)19(18-22)12-7-2-1-6-11(12)13(20)21/h1-8H,(H,20,21). The lowest BCUT2D eigenvalue weighted by Gasteiger charge is -2.18. The van der Waals surface area contributed by atoms with Crippen molar-refractivity contribution in [1.29, 1.82) is 0 Å². The Balaban J connectivity index is 2.55. The van der Waals surface area contributed by atoms with Gasteiger partial charge in [0, 0.05) is 0 Å². The van der Waals surface area contributed by atoms with Crippen molar-refractivity contribution in [2.24, 2.45) is 5.29 Å². The number of hydrogen-bond donors (Lipinski definition) is 1. The quantitative estimate of drug-likeness (QED) is 0.678. The molecular weight excluding hydrogens is 301 g/mol. The SMILES string of the molecule is O=NN(c1cccc(C(F)(F)F)c1)c1ccccc1C(=O)O. The number of para-hydroxylation sites is 1. The highest BCUT2D eigenvalue weighted by Crippen LogP contribution is 2.34. The summed E-state index contributed by atoms with van der Waals surface area (Å²) in [5, 5.41) is 12.3. The first-order chi connectivity index (χ1) is 10.3. The molecule has 2 rings (SSSR count). The van der Waals surface area contributed by atoms with Crippen LogP contribution >= 0.6 is 0 Å². The Kier molecular flexibility index (Phi) is 4.11. The van der Waals surface area contributed by atoms with Gasteiger partial charge in [-0.15, -0.1) is 4.91 Å². The molecule has 0 aromatic heterocycles. The maximum absolute atomic E-state index is 12.7. The molecule has 1 N–H and O–H groups in total. The zero-order valence-electron chi connectivity index (χ0n) is 10.9. The van der Waals surface area contributed by atoms with Gasteiger partial charge in [0.05, 0.1) is 27.8 Å². The Morgan fingerprint density at radius 1 is 1.09 bits per heavy atom. The van der Waals surface area contributed by atoms with Crippen LogP contribution in [-0.2, 0) is 6.18 Å². The van der Waals surface area contributed by atoms with Crippen LogP contribution in [0.2, 0.25) is 0 Å². The molecule has 0 aliphatic heterocycles. The van der Waals surface area contributed by atoms with Gasteiger partial charge in [-0.05, 0) is 30.3 Å². The largest absolute Gasteiger partial charge is 0.478 e. The van der Waals surface area contributed by atoms with E-state index < -0.39 is 17.7 Å². The van der Waals surface area contributed by atoms with Crippen molar-refractivity contribution >= 4 is 17.3 Å². The zero-order valence-corrected chi connectivity index (χ0v) is 10.9. The average Bonchev–Trinajstić information content (AvgIpc) is 2.48. The second-order valence-electron chi connectivity index (χ2n) is 4.26. The van der Waals surface area contributed by atoms with Crippen LogP contribution in [0.25, 0.3) is 0 Å². The van der Waals surface area contributed by atoms with Crippen molar-refractivity contribution in [3.63, 3.8) is 0 Å². The lowest BCUT2D eigenvalue weighted by Crippen LogP contribution is -2.14. The van der Waals surface area contributed by atoms with Crippen molar-refractivity contribution in [1.82, 2.24) is 0 Å². The van der Waals surface area contributed by atoms with Crippen molar-refractivity contribution in [2.75, 3.05) is 5.01 Å². The molecule has 0 saturated carbocycles. The van der Waals surface area contributed by atoms with Crippen LogP contribution < -0.4 is 5.01 Å². The highest BCUT2D eigenvalue weighted by Gasteiger charge is 2.31. The Morgan fingerprint density at radius 2 is 1.77 bits per heavy atom. The minimum atomic E-state index is -4.59. The van der Waals surface area contributed by atoms with Crippen LogP contribution in [0.4, 0.5) is 24.5 Å². The molecule has 2 aromatic carbocycles. The Morgan fingerprint density at radius 3 is 2.36 bits per heavy atom. The molecule has 0 unspecified atom stereocenters. The van der Waals surface area contributed by atoms with E-state index in [1.165, 1.54) is 30.3 Å². The maximum atomic E-state index is 12.7. The fraction of sp³-hybridized carbons (Fsp3) is 0.0714. The van der Waals surface area contributed by atoms with E-state index in [0.29, 0.717) is 5.01 Å². The van der Waals surface area contributed by atoms with E-state index in [-0.39, 0.29) is 16.9 Å². The third-order valence-electron chi connectivity index (χ3n) is 2.86. The summed E-state index contributed by atoms with van der Waals surface area (Å²) < 4.78 is 38.2. The molecule has 0 heterocycles. The van der Waals surface area contributed by atoms with Gasteiger partial charge in [0.15, 0.2) is 0 Å². The first-order valence-corrected chi connectivity index (χ1v) is 5.97. The summed E-state index contributed by atoms with van der Waals surface area (Å²) in [7, 11) is 0. The summed E-state index contributed by atoms with van der Waals surface area (Å²) in [5.41, 5.74) is -1.52. The molecule has 22 heavy (non-hydrogen) atoms. The fourth-order valence-electron chi connectivity index (χ4n) is 1.88. The van der Waals surface area contributed by atoms with E-state index in [1.54, 1.807) is 0 Å². The number of nitrogens with zero attached hydrogens (tertiary/aromatic N) is 2. The van der Waals surface area contributed by atoms with E-state index in [0.717, 1.165) is 18.2 Å². The molecule has 0 amide bonds. The number of carboxylic acids is 1. The van der Waals surface area contributed by atoms with E-state index in [4.69, 9.17) is 5.11 Å². The molecule has 0 atom stereocenters. The van der Waals surface area contributed by atoms with E-state index in [1.807, 2.05) is 0 Å². The molecule has 0 saturated heterocycles. The summed E-state index contributed by atoms with van der Waals surface area (Å²) in [5.74, 6) is -1.32. The van der Waals surface area contributed by atoms with Gasteiger partial charge in [-0.3, -0.25) is 0 Å². The summed E-state index contributed by atoms with van der Waals surface area (Å²) in [6.45, 7) is 0. The van der Waals surface area contributed by atoms with Crippen LogP contribution in [0.1, 0.15) is 15.9 Å². The number of anilines is 2. The van der Waals surface area contributed by atoms with Gasteiger partial charge in [-0.25, -0.2) is 4.79 Å². The number of benzene rings is 2. The Labute approximate surface area is 122 Å². The number of hydrogen-bond acceptors (Lipinski definition) is 3. The number of carboxylic acid groups (broad SMARTS) is 1. The monoisotopic (exact) mass is 310 g/mol. The minimum Gasteiger partial charge on any atom is -0.478 e. The summed E-state index contributed by atoms with van der Waals surface area (Å²) in [6.07, 6.45) is -4.59. The van der Waals surface area contributed by atoms with E-state index >= 15 is 0 Å². The molecule has 2 aromatic rings. The van der Waals surface area contributed by atoms with Gasteiger partial charge in [0.2, 0.25) is 0 Å². The van der Waals surface area contributed by atoms with Crippen molar-refractivity contribution in [2.45, 2.75) is 6.18 Å². The second-order valence-corrected chi connectivity index (χ2v) is 4.26. The predicted molar refractivity (Wildman–Crippen MR) is 72.8 cm³/mol. The topological polar surface area (TPSA) is 70.0 Å². The maximum Gasteiger partial charge on any atom is 0.416 e. The number of carbonyl (C=O) groups is 1. The molecule has 8 heteroatoms. The molecule has 0 aliphatic carbocycles.